The van der Waals surface area contributed by atoms with Crippen molar-refractivity contribution in [2.24, 2.45) is 5.92 Å². The van der Waals surface area contributed by atoms with Crippen molar-refractivity contribution in [3.8, 4) is 11.5 Å². The van der Waals surface area contributed by atoms with Crippen molar-refractivity contribution in [2.75, 3.05) is 6.79 Å². The lowest BCUT2D eigenvalue weighted by atomic mass is 9.84. The number of carbonyl (C=O) groups excluding carboxylic acids is 2. The van der Waals surface area contributed by atoms with Crippen molar-refractivity contribution in [1.82, 2.24) is 4.90 Å². The Morgan fingerprint density at radius 1 is 1.15 bits per heavy atom. The van der Waals surface area contributed by atoms with Gasteiger partial charge in [0.05, 0.1) is 12.3 Å². The van der Waals surface area contributed by atoms with Crippen LogP contribution in [0.1, 0.15) is 50.5 Å². The van der Waals surface area contributed by atoms with Gasteiger partial charge in [-0.3, -0.25) is 9.59 Å². The minimum atomic E-state index is -0.545. The number of esters is 1. The highest BCUT2D eigenvalue weighted by Gasteiger charge is 2.55. The van der Waals surface area contributed by atoms with Crippen molar-refractivity contribution in [2.45, 2.75) is 63.1 Å². The Labute approximate surface area is 152 Å². The van der Waals surface area contributed by atoms with Gasteiger partial charge in [-0.1, -0.05) is 6.07 Å². The molecule has 1 aromatic rings. The zero-order valence-corrected chi connectivity index (χ0v) is 14.7. The number of amides is 1. The lowest BCUT2D eigenvalue weighted by Gasteiger charge is -2.33. The highest BCUT2D eigenvalue weighted by Crippen LogP contribution is 2.47. The molecule has 2 aliphatic heterocycles. The summed E-state index contributed by atoms with van der Waals surface area (Å²) in [6, 6.07) is 6.11. The normalized spacial score (nSPS) is 25.5. The monoisotopic (exact) mass is 357 g/mol. The predicted molar refractivity (Wildman–Crippen MR) is 91.5 cm³/mol. The van der Waals surface area contributed by atoms with Gasteiger partial charge in [0.25, 0.3) is 0 Å². The van der Waals surface area contributed by atoms with Crippen LogP contribution in [-0.4, -0.2) is 35.2 Å². The van der Waals surface area contributed by atoms with Crippen molar-refractivity contribution in [3.63, 3.8) is 0 Å². The highest BCUT2D eigenvalue weighted by molar-refractivity contribution is 5.88. The summed E-state index contributed by atoms with van der Waals surface area (Å²) >= 11 is 0. The first kappa shape index (κ1) is 16.0. The summed E-state index contributed by atoms with van der Waals surface area (Å²) in [6.45, 7) is 0.787. The van der Waals surface area contributed by atoms with Crippen LogP contribution in [0.3, 0.4) is 0 Å². The molecule has 2 saturated carbocycles. The maximum absolute atomic E-state index is 13.4. The zero-order chi connectivity index (χ0) is 17.7. The molecular weight excluding hydrogens is 334 g/mol. The smallest absolute Gasteiger partial charge is 0.307 e. The number of benzene rings is 1. The molecule has 6 heteroatoms. The second kappa shape index (κ2) is 5.89. The molecule has 0 radical (unpaired) electrons. The van der Waals surface area contributed by atoms with Crippen molar-refractivity contribution >= 4 is 11.9 Å². The highest BCUT2D eigenvalue weighted by atomic mass is 16.7. The molecule has 26 heavy (non-hydrogen) atoms. The van der Waals surface area contributed by atoms with Crippen LogP contribution >= 0.6 is 0 Å². The van der Waals surface area contributed by atoms with Gasteiger partial charge in [-0.15, -0.1) is 0 Å². The van der Waals surface area contributed by atoms with E-state index in [1.165, 1.54) is 0 Å². The number of hydrogen-bond acceptors (Lipinski definition) is 5. The quantitative estimate of drug-likeness (QED) is 0.776. The van der Waals surface area contributed by atoms with E-state index in [9.17, 15) is 9.59 Å². The molecule has 1 atom stereocenters. The summed E-state index contributed by atoms with van der Waals surface area (Å²) in [5, 5.41) is 0. The van der Waals surface area contributed by atoms with Crippen LogP contribution in [0.15, 0.2) is 18.2 Å². The maximum atomic E-state index is 13.4. The fraction of sp³-hybridized carbons (Fsp3) is 0.600. The standard InChI is InChI=1S/C20H23NO5/c22-18-10-15(20(26-18)7-1-2-8-20)19(23)21(14-4-5-14)11-13-3-6-16-17(9-13)25-12-24-16/h3,6,9,14-15H,1-2,4-5,7-8,10-12H2/t15-/m1/s1. The topological polar surface area (TPSA) is 65.1 Å². The van der Waals surface area contributed by atoms with Gasteiger partial charge in [-0.25, -0.2) is 0 Å². The van der Waals surface area contributed by atoms with E-state index in [2.05, 4.69) is 0 Å². The first-order valence-corrected chi connectivity index (χ1v) is 9.55. The molecule has 1 aromatic carbocycles. The van der Waals surface area contributed by atoms with Gasteiger partial charge in [-0.2, -0.15) is 0 Å². The summed E-state index contributed by atoms with van der Waals surface area (Å²) in [5.74, 6) is 1.02. The zero-order valence-electron chi connectivity index (χ0n) is 14.7. The average molecular weight is 357 g/mol. The minimum Gasteiger partial charge on any atom is -0.458 e. The number of rotatable bonds is 4. The molecule has 5 rings (SSSR count). The molecule has 6 nitrogen and oxygen atoms in total. The molecule has 0 N–H and O–H groups in total. The summed E-state index contributed by atoms with van der Waals surface area (Å²) < 4.78 is 16.5. The summed E-state index contributed by atoms with van der Waals surface area (Å²) in [7, 11) is 0. The van der Waals surface area contributed by atoms with Crippen molar-refractivity contribution in [1.29, 1.82) is 0 Å². The van der Waals surface area contributed by atoms with Gasteiger partial charge in [0.15, 0.2) is 11.5 Å². The lowest BCUT2D eigenvalue weighted by Crippen LogP contribution is -2.45. The van der Waals surface area contributed by atoms with E-state index in [4.69, 9.17) is 14.2 Å². The summed E-state index contributed by atoms with van der Waals surface area (Å²) in [4.78, 5) is 27.4. The third-order valence-corrected chi connectivity index (χ3v) is 6.13. The second-order valence-corrected chi connectivity index (χ2v) is 7.89. The molecule has 0 bridgehead atoms. The first-order valence-electron chi connectivity index (χ1n) is 9.55. The number of ether oxygens (including phenoxy) is 3. The molecule has 4 aliphatic rings. The Balaban J connectivity index is 1.39. The Bertz CT molecular complexity index is 751. The Hall–Kier alpha value is -2.24. The molecular formula is C20H23NO5. The van der Waals surface area contributed by atoms with Crippen LogP contribution in [0.4, 0.5) is 0 Å². The molecule has 138 valence electrons. The van der Waals surface area contributed by atoms with Gasteiger partial charge in [-0.05, 0) is 56.2 Å². The third-order valence-electron chi connectivity index (χ3n) is 6.13. The lowest BCUT2D eigenvalue weighted by molar-refractivity contribution is -0.152. The maximum Gasteiger partial charge on any atom is 0.307 e. The first-order chi connectivity index (χ1) is 12.6. The van der Waals surface area contributed by atoms with Crippen LogP contribution in [0.5, 0.6) is 11.5 Å². The predicted octanol–water partition coefficient (Wildman–Crippen LogP) is 2.78. The van der Waals surface area contributed by atoms with Crippen LogP contribution in [0.2, 0.25) is 0 Å². The van der Waals surface area contributed by atoms with Gasteiger partial charge >= 0.3 is 5.97 Å². The molecule has 3 fully saturated rings. The van der Waals surface area contributed by atoms with E-state index in [1.54, 1.807) is 0 Å². The van der Waals surface area contributed by atoms with E-state index in [1.807, 2.05) is 23.1 Å². The van der Waals surface area contributed by atoms with Gasteiger partial charge in [0, 0.05) is 12.6 Å². The number of fused-ring (bicyclic) bond motifs is 1. The number of nitrogens with zero attached hydrogens (tertiary/aromatic N) is 1. The SMILES string of the molecule is O=C1C[C@H](C(=O)N(Cc2ccc3c(c2)OCO3)C2CC2)C2(CCCC2)O1. The third kappa shape index (κ3) is 2.63. The van der Waals surface area contributed by atoms with E-state index >= 15 is 0 Å². The molecule has 2 heterocycles. The van der Waals surface area contributed by atoms with Crippen LogP contribution < -0.4 is 9.47 Å². The fourth-order valence-corrected chi connectivity index (χ4v) is 4.64. The Morgan fingerprint density at radius 3 is 2.69 bits per heavy atom. The van der Waals surface area contributed by atoms with E-state index in [0.717, 1.165) is 55.6 Å². The Kier molecular flexibility index (Phi) is 3.62. The Morgan fingerprint density at radius 2 is 1.92 bits per heavy atom. The van der Waals surface area contributed by atoms with Gasteiger partial charge < -0.3 is 19.1 Å². The van der Waals surface area contributed by atoms with Gasteiger partial charge in [0.2, 0.25) is 12.7 Å². The second-order valence-electron chi connectivity index (χ2n) is 7.89. The van der Waals surface area contributed by atoms with E-state index < -0.39 is 5.60 Å². The van der Waals surface area contributed by atoms with Crippen molar-refractivity contribution < 1.29 is 23.8 Å². The van der Waals surface area contributed by atoms with Gasteiger partial charge in [0.1, 0.15) is 5.60 Å². The van der Waals surface area contributed by atoms with Crippen molar-refractivity contribution in [3.05, 3.63) is 23.8 Å². The molecule has 0 unspecified atom stereocenters. The largest absolute Gasteiger partial charge is 0.458 e. The molecule has 0 aromatic heterocycles. The van der Waals surface area contributed by atoms with Crippen LogP contribution in [0.25, 0.3) is 0 Å². The average Bonchev–Trinajstić information content (AvgIpc) is 3.04. The van der Waals surface area contributed by atoms with E-state index in [0.29, 0.717) is 6.54 Å². The number of carbonyl (C=O) groups is 2. The summed E-state index contributed by atoms with van der Waals surface area (Å²) in [6.07, 6.45) is 5.99. The number of hydrogen-bond donors (Lipinski definition) is 0. The van der Waals surface area contributed by atoms with Crippen LogP contribution in [0, 0.1) is 5.92 Å². The summed E-state index contributed by atoms with van der Waals surface area (Å²) in [5.41, 5.74) is 0.483. The fourth-order valence-electron chi connectivity index (χ4n) is 4.64. The van der Waals surface area contributed by atoms with Crippen LogP contribution in [-0.2, 0) is 20.9 Å². The minimum absolute atomic E-state index is 0.0814. The molecule has 2 aliphatic carbocycles. The molecule has 1 spiro atoms. The van der Waals surface area contributed by atoms with E-state index in [-0.39, 0.29) is 37.0 Å². The molecule has 1 amide bonds. The molecule has 1 saturated heterocycles.